The second kappa shape index (κ2) is 17.3. The smallest absolute Gasteiger partial charge is 1.00 e. The molecule has 0 aliphatic heterocycles. The molecule has 196 valence electrons. The molecule has 0 atom stereocenters. The van der Waals surface area contributed by atoms with Crippen molar-refractivity contribution in [3.8, 4) is 0 Å². The average molecular weight is 625 g/mol. The van der Waals surface area contributed by atoms with Crippen LogP contribution in [0.3, 0.4) is 0 Å². The van der Waals surface area contributed by atoms with Crippen LogP contribution in [0.5, 0.6) is 0 Å². The number of halogens is 2. The predicted octanol–water partition coefficient (Wildman–Crippen LogP) is 0.841. The first-order valence-corrected chi connectivity index (χ1v) is 14.8. The van der Waals surface area contributed by atoms with E-state index in [-0.39, 0.29) is 41.9 Å². The second-order valence-corrected chi connectivity index (χ2v) is 12.7. The van der Waals surface area contributed by atoms with Crippen LogP contribution in [-0.4, -0.2) is 10.6 Å². The molecule has 2 aliphatic carbocycles. The molecule has 39 heavy (non-hydrogen) atoms. The van der Waals surface area contributed by atoms with Crippen LogP contribution in [0.25, 0.3) is 0 Å². The van der Waals surface area contributed by atoms with Gasteiger partial charge in [0.15, 0.2) is 0 Å². The quantitative estimate of drug-likeness (QED) is 0.233. The van der Waals surface area contributed by atoms with Crippen molar-refractivity contribution in [1.29, 1.82) is 0 Å². The average Bonchev–Trinajstić information content (AvgIpc) is 3.68. The van der Waals surface area contributed by atoms with Gasteiger partial charge in [-0.3, -0.25) is 0 Å². The van der Waals surface area contributed by atoms with Gasteiger partial charge in [0, 0.05) is 0 Å². The zero-order valence-electron chi connectivity index (χ0n) is 21.2. The van der Waals surface area contributed by atoms with Gasteiger partial charge in [-0.15, -0.1) is 0 Å². The molecule has 4 aromatic rings. The Labute approximate surface area is 257 Å². The SMILES string of the molecule is C1=CC(=[P-](c2ccccc2)c2ccccc2)C=C1.C1=CC(=[P-](c2ccccc2)c2ccccc2)C=C1.[Cl-].[Cl-].[Fe+4]. The Kier molecular flexibility index (Phi) is 14.5. The van der Waals surface area contributed by atoms with E-state index >= 15 is 0 Å². The number of allylic oxidation sites excluding steroid dienone is 8. The number of hydrogen-bond donors (Lipinski definition) is 0. The van der Waals surface area contributed by atoms with E-state index in [9.17, 15) is 0 Å². The van der Waals surface area contributed by atoms with E-state index in [0.29, 0.717) is 0 Å². The Morgan fingerprint density at radius 2 is 0.513 bits per heavy atom. The van der Waals surface area contributed by atoms with Crippen LogP contribution >= 0.6 is 15.1 Å². The predicted molar refractivity (Wildman–Crippen MR) is 165 cm³/mol. The fraction of sp³-hybridized carbons (Fsp3) is 0. The van der Waals surface area contributed by atoms with E-state index in [1.54, 1.807) is 0 Å². The van der Waals surface area contributed by atoms with Gasteiger partial charge in [-0.2, -0.15) is 31.8 Å². The molecule has 0 fully saturated rings. The van der Waals surface area contributed by atoms with E-state index in [1.165, 1.54) is 31.8 Å². The fourth-order valence-electron chi connectivity index (χ4n) is 4.23. The van der Waals surface area contributed by atoms with Crippen molar-refractivity contribution in [3.05, 3.63) is 170 Å². The Bertz CT molecular complexity index is 1260. The second-order valence-electron chi connectivity index (χ2n) is 8.30. The van der Waals surface area contributed by atoms with E-state index in [4.69, 9.17) is 0 Å². The van der Waals surface area contributed by atoms with E-state index in [2.05, 4.69) is 170 Å². The summed E-state index contributed by atoms with van der Waals surface area (Å²) in [7, 11) is -0.818. The Balaban J connectivity index is 0.000000254. The molecule has 0 heterocycles. The largest absolute Gasteiger partial charge is 4.00 e. The van der Waals surface area contributed by atoms with Crippen LogP contribution in [0.15, 0.2) is 170 Å². The normalized spacial score (nSPS) is 12.5. The van der Waals surface area contributed by atoms with Gasteiger partial charge >= 0.3 is 17.1 Å². The summed E-state index contributed by atoms with van der Waals surface area (Å²) in [4.78, 5) is 0. The van der Waals surface area contributed by atoms with Crippen molar-refractivity contribution in [2.75, 3.05) is 0 Å². The third-order valence-electron chi connectivity index (χ3n) is 5.86. The maximum Gasteiger partial charge on any atom is 4.00 e. The molecule has 2 aliphatic rings. The Hall–Kier alpha value is -2.46. The summed E-state index contributed by atoms with van der Waals surface area (Å²) in [5.41, 5.74) is 0. The zero-order valence-corrected chi connectivity index (χ0v) is 25.6. The third kappa shape index (κ3) is 8.76. The summed E-state index contributed by atoms with van der Waals surface area (Å²) in [6.07, 6.45) is 17.4. The first-order valence-electron chi connectivity index (χ1n) is 12.1. The van der Waals surface area contributed by atoms with Crippen molar-refractivity contribution in [1.82, 2.24) is 0 Å². The van der Waals surface area contributed by atoms with Crippen LogP contribution in [-0.2, 0) is 17.1 Å². The van der Waals surface area contributed by atoms with Gasteiger partial charge in [-0.1, -0.05) is 170 Å². The minimum absolute atomic E-state index is 0. The molecule has 0 saturated carbocycles. The number of rotatable bonds is 4. The molecule has 0 nitrogen and oxygen atoms in total. The van der Waals surface area contributed by atoms with Gasteiger partial charge in [-0.05, 0) is 0 Å². The van der Waals surface area contributed by atoms with Crippen LogP contribution < -0.4 is 46.0 Å². The first kappa shape index (κ1) is 32.7. The molecule has 0 radical (unpaired) electrons. The van der Waals surface area contributed by atoms with E-state index < -0.39 is 15.1 Å². The summed E-state index contributed by atoms with van der Waals surface area (Å²) < 4.78 is 0. The van der Waals surface area contributed by atoms with Crippen LogP contribution in [0.4, 0.5) is 0 Å². The minimum atomic E-state index is -0.409. The molecule has 5 heteroatoms. The van der Waals surface area contributed by atoms with Crippen LogP contribution in [0.2, 0.25) is 0 Å². The molecule has 4 aromatic carbocycles. The Morgan fingerprint density at radius 1 is 0.308 bits per heavy atom. The standard InChI is InChI=1S/2C17H14P.2ClH.Fe/c2*1-3-9-15(10-4-1)18(17-13-7-8-14-17)16-11-5-2-6-12-16;;;/h2*1-14H;2*1H;/q2*-1;;;+4/p-2. The Morgan fingerprint density at radius 3 is 0.718 bits per heavy atom. The van der Waals surface area contributed by atoms with Crippen molar-refractivity contribution < 1.29 is 41.9 Å². The van der Waals surface area contributed by atoms with Crippen molar-refractivity contribution in [3.63, 3.8) is 0 Å². The van der Waals surface area contributed by atoms with E-state index in [1.807, 2.05) is 0 Å². The van der Waals surface area contributed by atoms with Gasteiger partial charge in [0.2, 0.25) is 0 Å². The summed E-state index contributed by atoms with van der Waals surface area (Å²) in [5, 5.41) is 8.47. The van der Waals surface area contributed by atoms with Crippen LogP contribution in [0.1, 0.15) is 0 Å². The summed E-state index contributed by atoms with van der Waals surface area (Å²) in [6, 6.07) is 43.1. The molecule has 0 spiro atoms. The van der Waals surface area contributed by atoms with Gasteiger partial charge in [0.1, 0.15) is 0 Å². The molecule has 0 saturated heterocycles. The van der Waals surface area contributed by atoms with Gasteiger partial charge in [-0.25, -0.2) is 0 Å². The molecule has 6 rings (SSSR count). The van der Waals surface area contributed by atoms with Crippen molar-refractivity contribution in [2.45, 2.75) is 0 Å². The summed E-state index contributed by atoms with van der Waals surface area (Å²) in [6.45, 7) is 0. The van der Waals surface area contributed by atoms with Gasteiger partial charge < -0.3 is 39.9 Å². The molecular formula is C34H28Cl2FeP2. The minimum Gasteiger partial charge on any atom is -1.00 e. The summed E-state index contributed by atoms with van der Waals surface area (Å²) >= 11 is 0. The monoisotopic (exact) mass is 624 g/mol. The maximum absolute atomic E-state index is 2.23. The molecule has 0 unspecified atom stereocenters. The third-order valence-corrected chi connectivity index (χ3v) is 10.8. The fourth-order valence-corrected chi connectivity index (χ4v) is 8.84. The topological polar surface area (TPSA) is 0 Å². The molecule has 0 N–H and O–H groups in total. The molecule has 0 amide bonds. The van der Waals surface area contributed by atoms with Gasteiger partial charge in [0.25, 0.3) is 0 Å². The molecular weight excluding hydrogens is 597 g/mol. The van der Waals surface area contributed by atoms with Crippen LogP contribution in [0, 0.1) is 0 Å². The summed E-state index contributed by atoms with van der Waals surface area (Å²) in [5.74, 6) is 0. The zero-order chi connectivity index (χ0) is 24.4. The molecule has 0 bridgehead atoms. The number of hydrogen-bond acceptors (Lipinski definition) is 0. The van der Waals surface area contributed by atoms with E-state index in [0.717, 1.165) is 0 Å². The molecule has 0 aromatic heterocycles. The van der Waals surface area contributed by atoms with Gasteiger partial charge in [0.05, 0.1) is 0 Å². The van der Waals surface area contributed by atoms with Crippen molar-refractivity contribution >= 4 is 46.9 Å². The van der Waals surface area contributed by atoms with Crippen molar-refractivity contribution in [2.24, 2.45) is 0 Å². The first-order chi connectivity index (χ1) is 17.9. The maximum atomic E-state index is 2.23. The number of benzene rings is 4.